The van der Waals surface area contributed by atoms with E-state index >= 15 is 0 Å². The van der Waals surface area contributed by atoms with Crippen LogP contribution in [0, 0.1) is 0 Å². The van der Waals surface area contributed by atoms with E-state index in [1.807, 2.05) is 0 Å². The Balaban J connectivity index is 4.22. The number of carboxylic acid groups (broad SMARTS) is 1. The summed E-state index contributed by atoms with van der Waals surface area (Å²) < 4.78 is 4.93. The molecule has 0 saturated carbocycles. The van der Waals surface area contributed by atoms with E-state index in [-0.39, 0.29) is 6.42 Å². The number of nitrogens with one attached hydrogen (secondary N) is 1. The third kappa shape index (κ3) is 8.05. The van der Waals surface area contributed by atoms with Gasteiger partial charge in [0.2, 0.25) is 0 Å². The number of ether oxygens (including phenoxy) is 1. The molecule has 0 bridgehead atoms. The zero-order chi connectivity index (χ0) is 12.3. The summed E-state index contributed by atoms with van der Waals surface area (Å²) in [6.45, 7) is 6.51. The van der Waals surface area contributed by atoms with Crippen molar-refractivity contribution in [1.29, 1.82) is 0 Å². The number of rotatable bonds is 3. The number of hydrogen-bond donors (Lipinski definition) is 2. The Morgan fingerprint density at radius 3 is 2.13 bits per heavy atom. The lowest BCUT2D eigenvalue weighted by Crippen LogP contribution is -2.45. The van der Waals surface area contributed by atoms with Crippen LogP contribution in [0.25, 0.3) is 0 Å². The topological polar surface area (TPSA) is 75.6 Å². The number of hydrogen-bond acceptors (Lipinski definition) is 3. The molecule has 0 aliphatic rings. The number of carbonyl (C=O) groups is 2. The van der Waals surface area contributed by atoms with Crippen LogP contribution in [0.2, 0.25) is 0 Å². The van der Waals surface area contributed by atoms with Gasteiger partial charge in [0.1, 0.15) is 10.6 Å². The van der Waals surface area contributed by atoms with Gasteiger partial charge in [-0.3, -0.25) is 4.79 Å². The molecule has 6 heteroatoms. The summed E-state index contributed by atoms with van der Waals surface area (Å²) in [6, 6.07) is 0. The van der Waals surface area contributed by atoms with Gasteiger partial charge in [0.25, 0.3) is 0 Å². The van der Waals surface area contributed by atoms with Gasteiger partial charge >= 0.3 is 12.1 Å². The zero-order valence-electron chi connectivity index (χ0n) is 9.26. The first kappa shape index (κ1) is 14.0. The number of amides is 1. The molecule has 0 aliphatic heterocycles. The average Bonchev–Trinajstić information content (AvgIpc) is 1.73. The number of carbonyl (C=O) groups excluding carboxylic acids is 1. The van der Waals surface area contributed by atoms with Crippen LogP contribution in [0.15, 0.2) is 0 Å². The molecule has 0 spiro atoms. The summed E-state index contributed by atoms with van der Waals surface area (Å²) in [6.07, 6.45) is -1.12. The van der Waals surface area contributed by atoms with Gasteiger partial charge in [-0.05, 0) is 27.7 Å². The second-order valence-corrected chi connectivity index (χ2v) is 5.23. The molecule has 0 aliphatic carbocycles. The lowest BCUT2D eigenvalue weighted by molar-refractivity contribution is -0.137. The number of halogens is 1. The van der Waals surface area contributed by atoms with Gasteiger partial charge in [-0.2, -0.15) is 0 Å². The molecule has 0 radical (unpaired) electrons. The molecule has 15 heavy (non-hydrogen) atoms. The maximum Gasteiger partial charge on any atom is 0.409 e. The van der Waals surface area contributed by atoms with E-state index in [1.54, 1.807) is 20.8 Å². The standard InChI is InChI=1S/C9H16ClNO4/c1-8(2,3)15-7(14)11-9(4,10)5-6(12)13/h5H2,1-4H3,(H,11,14)(H,12,13). The van der Waals surface area contributed by atoms with E-state index in [4.69, 9.17) is 21.4 Å². The first-order valence-electron chi connectivity index (χ1n) is 4.44. The smallest absolute Gasteiger partial charge is 0.409 e. The predicted octanol–water partition coefficient (Wildman–Crippen LogP) is 1.94. The quantitative estimate of drug-likeness (QED) is 0.581. The highest BCUT2D eigenvalue weighted by atomic mass is 35.5. The van der Waals surface area contributed by atoms with Crippen LogP contribution in [0.4, 0.5) is 4.79 Å². The van der Waals surface area contributed by atoms with Crippen LogP contribution in [-0.2, 0) is 9.53 Å². The van der Waals surface area contributed by atoms with Crippen molar-refractivity contribution < 1.29 is 19.4 Å². The van der Waals surface area contributed by atoms with Gasteiger partial charge in [0, 0.05) is 0 Å². The second kappa shape index (κ2) is 4.70. The first-order chi connectivity index (χ1) is 6.52. The van der Waals surface area contributed by atoms with E-state index in [2.05, 4.69) is 5.32 Å². The van der Waals surface area contributed by atoms with Gasteiger partial charge in [0.15, 0.2) is 0 Å². The van der Waals surface area contributed by atoms with Gasteiger partial charge in [-0.1, -0.05) is 11.6 Å². The summed E-state index contributed by atoms with van der Waals surface area (Å²) in [5.74, 6) is -1.09. The van der Waals surface area contributed by atoms with Crippen LogP contribution >= 0.6 is 11.6 Å². The van der Waals surface area contributed by atoms with Crippen LogP contribution in [0.3, 0.4) is 0 Å². The Hall–Kier alpha value is -0.970. The minimum absolute atomic E-state index is 0.381. The van der Waals surface area contributed by atoms with E-state index in [9.17, 15) is 9.59 Å². The predicted molar refractivity (Wildman–Crippen MR) is 55.9 cm³/mol. The Morgan fingerprint density at radius 2 is 1.80 bits per heavy atom. The van der Waals surface area contributed by atoms with Crippen molar-refractivity contribution >= 4 is 23.7 Å². The number of alkyl carbamates (subject to hydrolysis) is 1. The molecule has 0 rings (SSSR count). The Kier molecular flexibility index (Phi) is 4.40. The maximum atomic E-state index is 11.2. The van der Waals surface area contributed by atoms with Crippen molar-refractivity contribution in [1.82, 2.24) is 5.32 Å². The molecule has 0 aromatic heterocycles. The van der Waals surface area contributed by atoms with Crippen molar-refractivity contribution in [2.45, 2.75) is 44.7 Å². The molecule has 0 aromatic rings. The Labute approximate surface area is 93.7 Å². The number of alkyl halides is 1. The van der Waals surface area contributed by atoms with Gasteiger partial charge in [-0.15, -0.1) is 0 Å². The third-order valence-electron chi connectivity index (χ3n) is 1.24. The molecule has 0 heterocycles. The van der Waals surface area contributed by atoms with E-state index in [0.29, 0.717) is 0 Å². The summed E-state index contributed by atoms with van der Waals surface area (Å²) in [5, 5.41) is 10.8. The molecule has 1 atom stereocenters. The lowest BCUT2D eigenvalue weighted by atomic mass is 10.2. The molecule has 5 nitrogen and oxygen atoms in total. The van der Waals surface area contributed by atoms with Crippen molar-refractivity contribution in [3.05, 3.63) is 0 Å². The van der Waals surface area contributed by atoms with Crippen LogP contribution in [0.1, 0.15) is 34.1 Å². The Bertz CT molecular complexity index is 257. The highest BCUT2D eigenvalue weighted by Crippen LogP contribution is 2.16. The molecule has 1 unspecified atom stereocenters. The molecular formula is C9H16ClNO4. The molecule has 0 fully saturated rings. The van der Waals surface area contributed by atoms with E-state index < -0.39 is 22.7 Å². The monoisotopic (exact) mass is 237 g/mol. The lowest BCUT2D eigenvalue weighted by Gasteiger charge is -2.25. The average molecular weight is 238 g/mol. The fourth-order valence-electron chi connectivity index (χ4n) is 0.845. The molecule has 2 N–H and O–H groups in total. The summed E-state index contributed by atoms with van der Waals surface area (Å²) in [7, 11) is 0. The van der Waals surface area contributed by atoms with Crippen molar-refractivity contribution in [3.63, 3.8) is 0 Å². The summed E-state index contributed by atoms with van der Waals surface area (Å²) >= 11 is 5.76. The highest BCUT2D eigenvalue weighted by molar-refractivity contribution is 6.25. The second-order valence-electron chi connectivity index (χ2n) is 4.39. The Morgan fingerprint density at radius 1 is 1.33 bits per heavy atom. The minimum atomic E-state index is -1.34. The van der Waals surface area contributed by atoms with Crippen LogP contribution in [-0.4, -0.2) is 27.8 Å². The van der Waals surface area contributed by atoms with Crippen molar-refractivity contribution in [2.24, 2.45) is 0 Å². The van der Waals surface area contributed by atoms with Gasteiger partial charge in [-0.25, -0.2) is 4.79 Å². The van der Waals surface area contributed by atoms with E-state index in [0.717, 1.165) is 0 Å². The van der Waals surface area contributed by atoms with Crippen LogP contribution in [0.5, 0.6) is 0 Å². The fraction of sp³-hybridized carbons (Fsp3) is 0.778. The van der Waals surface area contributed by atoms with Crippen molar-refractivity contribution in [3.8, 4) is 0 Å². The normalized spacial score (nSPS) is 15.3. The largest absolute Gasteiger partial charge is 0.481 e. The van der Waals surface area contributed by atoms with E-state index in [1.165, 1.54) is 6.92 Å². The molecular weight excluding hydrogens is 222 g/mol. The molecule has 1 amide bonds. The summed E-state index contributed by atoms with van der Waals surface area (Å²) in [5.41, 5.74) is -0.639. The third-order valence-corrected chi connectivity index (χ3v) is 1.47. The zero-order valence-corrected chi connectivity index (χ0v) is 10.0. The van der Waals surface area contributed by atoms with Crippen molar-refractivity contribution in [2.75, 3.05) is 0 Å². The molecule has 0 aromatic carbocycles. The summed E-state index contributed by atoms with van der Waals surface area (Å²) in [4.78, 5) is 20.3. The minimum Gasteiger partial charge on any atom is -0.481 e. The number of aliphatic carboxylic acids is 1. The first-order valence-corrected chi connectivity index (χ1v) is 4.81. The van der Waals surface area contributed by atoms with Gasteiger partial charge < -0.3 is 15.2 Å². The molecule has 0 saturated heterocycles. The SMILES string of the molecule is CC(Cl)(CC(=O)O)NC(=O)OC(C)(C)C. The molecule has 88 valence electrons. The maximum absolute atomic E-state index is 11.2. The fourth-order valence-corrected chi connectivity index (χ4v) is 1.04. The van der Waals surface area contributed by atoms with Crippen LogP contribution < -0.4 is 5.32 Å². The highest BCUT2D eigenvalue weighted by Gasteiger charge is 2.28. The number of carboxylic acids is 1. The van der Waals surface area contributed by atoms with Gasteiger partial charge in [0.05, 0.1) is 6.42 Å².